The van der Waals surface area contributed by atoms with Crippen LogP contribution in [0, 0.1) is 0 Å². The van der Waals surface area contributed by atoms with Gasteiger partial charge in [-0.15, -0.1) is 0 Å². The summed E-state index contributed by atoms with van der Waals surface area (Å²) in [5, 5.41) is 11.4. The van der Waals surface area contributed by atoms with Gasteiger partial charge in [-0.05, 0) is 24.1 Å². The van der Waals surface area contributed by atoms with E-state index in [9.17, 15) is 9.90 Å². The molecule has 0 unspecified atom stereocenters. The van der Waals surface area contributed by atoms with E-state index in [0.717, 1.165) is 6.07 Å². The largest absolute Gasteiger partial charge is 1.00 e. The predicted molar refractivity (Wildman–Crippen MR) is 47.6 cm³/mol. The van der Waals surface area contributed by atoms with Gasteiger partial charge in [0.05, 0.1) is 0 Å². The van der Waals surface area contributed by atoms with Crippen LogP contribution in [0.1, 0.15) is 0 Å². The second-order valence-corrected chi connectivity index (χ2v) is 2.54. The predicted octanol–water partition coefficient (Wildman–Crippen LogP) is -3.22. The zero-order valence-corrected chi connectivity index (χ0v) is 9.70. The molecule has 1 aromatic heterocycles. The third-order valence-electron chi connectivity index (χ3n) is 1.71. The first kappa shape index (κ1) is 13.2. The van der Waals surface area contributed by atoms with E-state index >= 15 is 0 Å². The molecule has 0 saturated carbocycles. The molecule has 3 N–H and O–H groups in total. The minimum absolute atomic E-state index is 0. The van der Waals surface area contributed by atoms with Crippen LogP contribution in [0.15, 0.2) is 35.1 Å². The van der Waals surface area contributed by atoms with Gasteiger partial charge in [0.15, 0.2) is 5.43 Å². The van der Waals surface area contributed by atoms with Crippen LogP contribution >= 0.6 is 0 Å². The van der Waals surface area contributed by atoms with Crippen molar-refractivity contribution in [1.82, 2.24) is 4.98 Å². The zero-order chi connectivity index (χ0) is 8.55. The van der Waals surface area contributed by atoms with Crippen LogP contribution < -0.4 is 40.1 Å². The Morgan fingerprint density at radius 3 is 2.57 bits per heavy atom. The average Bonchev–Trinajstić information content (AvgIpc) is 2.04. The molecule has 5 heteroatoms. The van der Waals surface area contributed by atoms with Crippen molar-refractivity contribution in [2.24, 2.45) is 0 Å². The molecular formula is C9H8NNaO3. The summed E-state index contributed by atoms with van der Waals surface area (Å²) in [6, 6.07) is 7.99. The van der Waals surface area contributed by atoms with Gasteiger partial charge >= 0.3 is 29.6 Å². The quantitative estimate of drug-likeness (QED) is 0.454. The van der Waals surface area contributed by atoms with Gasteiger partial charge in [0, 0.05) is 10.9 Å². The van der Waals surface area contributed by atoms with Crippen molar-refractivity contribution < 1.29 is 40.1 Å². The molecule has 2 aromatic rings. The Morgan fingerprint density at radius 1 is 1.21 bits per heavy atom. The van der Waals surface area contributed by atoms with E-state index in [-0.39, 0.29) is 46.3 Å². The summed E-state index contributed by atoms with van der Waals surface area (Å²) in [4.78, 5) is 13.8. The van der Waals surface area contributed by atoms with Crippen molar-refractivity contribution in [2.75, 3.05) is 0 Å². The van der Waals surface area contributed by atoms with Crippen molar-refractivity contribution in [3.63, 3.8) is 0 Å². The molecule has 0 saturated heterocycles. The second kappa shape index (κ2) is 5.17. The molecule has 0 atom stereocenters. The van der Waals surface area contributed by atoms with E-state index in [2.05, 4.69) is 4.98 Å². The van der Waals surface area contributed by atoms with E-state index in [4.69, 9.17) is 0 Å². The number of aromatic nitrogens is 1. The third kappa shape index (κ3) is 2.36. The minimum Gasteiger partial charge on any atom is -0.860 e. The summed E-state index contributed by atoms with van der Waals surface area (Å²) in [5.74, 6) is -0.348. The summed E-state index contributed by atoms with van der Waals surface area (Å²) in [6.07, 6.45) is 0. The number of nitrogens with one attached hydrogen (secondary N) is 1. The Labute approximate surface area is 102 Å². The fourth-order valence-corrected chi connectivity index (χ4v) is 1.17. The molecule has 4 nitrogen and oxygen atoms in total. The monoisotopic (exact) mass is 201 g/mol. The van der Waals surface area contributed by atoms with Gasteiger partial charge in [0.2, 0.25) is 0 Å². The number of aromatic amines is 1. The van der Waals surface area contributed by atoms with Gasteiger partial charge in [-0.2, -0.15) is 0 Å². The number of hydrogen-bond acceptors (Lipinski definition) is 2. The molecule has 0 aliphatic heterocycles. The number of pyridine rings is 1. The van der Waals surface area contributed by atoms with Crippen molar-refractivity contribution in [1.29, 1.82) is 0 Å². The van der Waals surface area contributed by atoms with E-state index in [0.29, 0.717) is 10.9 Å². The number of fused-ring (bicyclic) bond motifs is 1. The Kier molecular flexibility index (Phi) is 4.87. The fourth-order valence-electron chi connectivity index (χ4n) is 1.17. The summed E-state index contributed by atoms with van der Waals surface area (Å²) in [6.45, 7) is 0. The zero-order valence-electron chi connectivity index (χ0n) is 7.70. The van der Waals surface area contributed by atoms with Crippen molar-refractivity contribution in [3.8, 4) is 5.88 Å². The fraction of sp³-hybridized carbons (Fsp3) is 0. The smallest absolute Gasteiger partial charge is 0.860 e. The topological polar surface area (TPSA) is 87.4 Å². The van der Waals surface area contributed by atoms with Crippen LogP contribution in [-0.2, 0) is 0 Å². The summed E-state index contributed by atoms with van der Waals surface area (Å²) < 4.78 is 0. The molecule has 0 radical (unpaired) electrons. The Bertz CT molecular complexity index is 481. The molecule has 0 fully saturated rings. The molecular weight excluding hydrogens is 193 g/mol. The number of rotatable bonds is 0. The maximum Gasteiger partial charge on any atom is 1.00 e. The SMILES string of the molecule is O.O=c1cc([O-])[nH]c2ccccc12.[Na+]. The molecule has 1 aromatic carbocycles. The third-order valence-corrected chi connectivity index (χ3v) is 1.71. The van der Waals surface area contributed by atoms with E-state index in [1.165, 1.54) is 0 Å². The molecule has 0 spiro atoms. The van der Waals surface area contributed by atoms with Gasteiger partial charge < -0.3 is 15.6 Å². The standard InChI is InChI=1S/C9H7NO2.Na.H2O/c11-8-5-9(12)10-7-4-2-1-3-6(7)8;;/h1-5H,(H2,10,11,12);;1H2/q;+1;/p-1. The number of para-hydroxylation sites is 1. The van der Waals surface area contributed by atoms with Crippen molar-refractivity contribution in [3.05, 3.63) is 40.6 Å². The summed E-state index contributed by atoms with van der Waals surface area (Å²) in [7, 11) is 0. The molecule has 68 valence electrons. The van der Waals surface area contributed by atoms with Crippen LogP contribution in [-0.4, -0.2) is 10.5 Å². The van der Waals surface area contributed by atoms with E-state index < -0.39 is 0 Å². The summed E-state index contributed by atoms with van der Waals surface area (Å²) in [5.41, 5.74) is 0.365. The Balaban J connectivity index is 0.000000845. The molecule has 1 heterocycles. The summed E-state index contributed by atoms with van der Waals surface area (Å²) >= 11 is 0. The number of H-pyrrole nitrogens is 1. The molecule has 2 rings (SSSR count). The first-order valence-corrected chi connectivity index (χ1v) is 3.56. The maximum atomic E-state index is 11.2. The maximum absolute atomic E-state index is 11.2. The second-order valence-electron chi connectivity index (χ2n) is 2.54. The normalized spacial score (nSPS) is 8.86. The minimum atomic E-state index is -0.348. The van der Waals surface area contributed by atoms with Crippen LogP contribution in [0.5, 0.6) is 5.88 Å². The molecule has 0 bridgehead atoms. The molecule has 0 amide bonds. The van der Waals surface area contributed by atoms with Gasteiger partial charge in [-0.25, -0.2) is 0 Å². The van der Waals surface area contributed by atoms with E-state index in [1.807, 2.05) is 0 Å². The first-order chi connectivity index (χ1) is 5.77. The first-order valence-electron chi connectivity index (χ1n) is 3.56. The Morgan fingerprint density at radius 2 is 1.86 bits per heavy atom. The molecule has 0 aliphatic rings. The number of benzene rings is 1. The van der Waals surface area contributed by atoms with Crippen LogP contribution in [0.2, 0.25) is 0 Å². The van der Waals surface area contributed by atoms with Gasteiger partial charge in [-0.1, -0.05) is 12.1 Å². The van der Waals surface area contributed by atoms with Crippen molar-refractivity contribution in [2.45, 2.75) is 0 Å². The van der Waals surface area contributed by atoms with Crippen LogP contribution in [0.4, 0.5) is 0 Å². The molecule has 0 aliphatic carbocycles. The number of hydrogen-bond donors (Lipinski definition) is 1. The van der Waals surface area contributed by atoms with Crippen LogP contribution in [0.3, 0.4) is 0 Å². The Hall–Kier alpha value is -0.810. The van der Waals surface area contributed by atoms with Gasteiger partial charge in [0.25, 0.3) is 0 Å². The van der Waals surface area contributed by atoms with Crippen molar-refractivity contribution >= 4 is 10.9 Å². The van der Waals surface area contributed by atoms with Gasteiger partial charge in [0.1, 0.15) is 0 Å². The molecule has 14 heavy (non-hydrogen) atoms. The van der Waals surface area contributed by atoms with Gasteiger partial charge in [-0.3, -0.25) is 4.79 Å². The van der Waals surface area contributed by atoms with E-state index in [1.54, 1.807) is 24.3 Å². The average molecular weight is 201 g/mol. The van der Waals surface area contributed by atoms with Crippen LogP contribution in [0.25, 0.3) is 10.9 Å².